The van der Waals surface area contributed by atoms with E-state index in [0.717, 1.165) is 0 Å². The number of rotatable bonds is 6. The first kappa shape index (κ1) is 23.9. The Bertz CT molecular complexity index is 1450. The second-order valence-electron chi connectivity index (χ2n) is 8.24. The van der Waals surface area contributed by atoms with Gasteiger partial charge in [0.2, 0.25) is 15.9 Å². The number of anilines is 1. The van der Waals surface area contributed by atoms with Gasteiger partial charge in [0.05, 0.1) is 27.9 Å². The molecule has 7 nitrogen and oxygen atoms in total. The molecule has 0 spiro atoms. The molecule has 0 unspecified atom stereocenters. The Hall–Kier alpha value is -2.79. The highest BCUT2D eigenvalue weighted by Crippen LogP contribution is 2.33. The standard InChI is InChI=1S/C24H21ClFN3O4S2/c25-17-3-6-20(7-4-17)35(31,32)28-11-9-16(10-12-28)23(30)29(15-19-2-1-13-33-19)24-27-21-8-5-18(26)14-22(21)34-24/h1-8,13-14,16H,9-12,15H2. The molecular weight excluding hydrogens is 513 g/mol. The summed E-state index contributed by atoms with van der Waals surface area (Å²) in [6, 6.07) is 13.9. The number of thiazole rings is 1. The zero-order valence-corrected chi connectivity index (χ0v) is 20.8. The molecule has 2 aromatic heterocycles. The van der Waals surface area contributed by atoms with Crippen LogP contribution >= 0.6 is 22.9 Å². The predicted molar refractivity (Wildman–Crippen MR) is 132 cm³/mol. The maximum atomic E-state index is 13.7. The molecule has 1 amide bonds. The van der Waals surface area contributed by atoms with Crippen LogP contribution in [0.4, 0.5) is 9.52 Å². The van der Waals surface area contributed by atoms with Gasteiger partial charge in [-0.2, -0.15) is 4.31 Å². The van der Waals surface area contributed by atoms with Gasteiger partial charge in [0.15, 0.2) is 5.13 Å². The number of benzene rings is 2. The van der Waals surface area contributed by atoms with E-state index in [0.29, 0.717) is 39.0 Å². The van der Waals surface area contributed by atoms with Crippen molar-refractivity contribution in [2.75, 3.05) is 18.0 Å². The number of halogens is 2. The van der Waals surface area contributed by atoms with Crippen LogP contribution in [0.3, 0.4) is 0 Å². The molecule has 1 aliphatic heterocycles. The van der Waals surface area contributed by atoms with Crippen molar-refractivity contribution >= 4 is 54.2 Å². The highest BCUT2D eigenvalue weighted by Gasteiger charge is 2.35. The molecule has 0 bridgehead atoms. The molecule has 0 N–H and O–H groups in total. The van der Waals surface area contributed by atoms with E-state index in [9.17, 15) is 17.6 Å². The SMILES string of the molecule is O=C(C1CCN(S(=O)(=O)c2ccc(Cl)cc2)CC1)N(Cc1ccco1)c1nc2ccc(F)cc2s1. The van der Waals surface area contributed by atoms with Crippen molar-refractivity contribution in [2.24, 2.45) is 5.92 Å². The van der Waals surface area contributed by atoms with Gasteiger partial charge in [0.1, 0.15) is 11.6 Å². The van der Waals surface area contributed by atoms with Crippen LogP contribution in [0.5, 0.6) is 0 Å². The molecule has 35 heavy (non-hydrogen) atoms. The Morgan fingerprint density at radius 2 is 1.91 bits per heavy atom. The monoisotopic (exact) mass is 533 g/mol. The fourth-order valence-corrected chi connectivity index (χ4v) is 6.71. The minimum absolute atomic E-state index is 0.163. The number of carbonyl (C=O) groups is 1. The van der Waals surface area contributed by atoms with E-state index in [1.165, 1.54) is 46.2 Å². The summed E-state index contributed by atoms with van der Waals surface area (Å²) in [6.07, 6.45) is 2.28. The van der Waals surface area contributed by atoms with Gasteiger partial charge in [0.25, 0.3) is 0 Å². The van der Waals surface area contributed by atoms with Crippen LogP contribution < -0.4 is 4.90 Å². The highest BCUT2D eigenvalue weighted by atomic mass is 35.5. The maximum Gasteiger partial charge on any atom is 0.243 e. The number of sulfonamides is 1. The number of fused-ring (bicyclic) bond motifs is 1. The summed E-state index contributed by atoms with van der Waals surface area (Å²) in [4.78, 5) is 19.9. The number of aromatic nitrogens is 1. The molecule has 0 atom stereocenters. The largest absolute Gasteiger partial charge is 0.467 e. The van der Waals surface area contributed by atoms with Gasteiger partial charge in [-0.25, -0.2) is 17.8 Å². The molecule has 2 aromatic carbocycles. The smallest absolute Gasteiger partial charge is 0.243 e. The van der Waals surface area contributed by atoms with Crippen molar-refractivity contribution in [1.29, 1.82) is 0 Å². The summed E-state index contributed by atoms with van der Waals surface area (Å²) in [6.45, 7) is 0.624. The van der Waals surface area contributed by atoms with E-state index in [1.54, 1.807) is 35.2 Å². The van der Waals surface area contributed by atoms with Crippen LogP contribution in [0.2, 0.25) is 5.02 Å². The van der Waals surface area contributed by atoms with E-state index < -0.39 is 10.0 Å². The number of piperidine rings is 1. The first-order valence-electron chi connectivity index (χ1n) is 11.0. The predicted octanol–water partition coefficient (Wildman–Crippen LogP) is 5.32. The Kier molecular flexibility index (Phi) is 6.63. The number of hydrogen-bond donors (Lipinski definition) is 0. The van der Waals surface area contributed by atoms with Gasteiger partial charge in [-0.1, -0.05) is 22.9 Å². The Labute approximate surface area is 210 Å². The summed E-state index contributed by atoms with van der Waals surface area (Å²) >= 11 is 7.12. The van der Waals surface area contributed by atoms with Crippen LogP contribution in [-0.2, 0) is 21.4 Å². The molecule has 182 valence electrons. The van der Waals surface area contributed by atoms with Crippen molar-refractivity contribution in [2.45, 2.75) is 24.3 Å². The molecule has 1 aliphatic rings. The van der Waals surface area contributed by atoms with Gasteiger partial charge in [-0.05, 0) is 67.4 Å². The highest BCUT2D eigenvalue weighted by molar-refractivity contribution is 7.89. The van der Waals surface area contributed by atoms with Gasteiger partial charge in [-0.15, -0.1) is 0 Å². The van der Waals surface area contributed by atoms with Crippen LogP contribution in [-0.4, -0.2) is 36.7 Å². The second kappa shape index (κ2) is 9.69. The van der Waals surface area contributed by atoms with Crippen LogP contribution in [0.25, 0.3) is 10.2 Å². The molecule has 5 rings (SSSR count). The van der Waals surface area contributed by atoms with Crippen LogP contribution in [0, 0.1) is 11.7 Å². The summed E-state index contributed by atoms with van der Waals surface area (Å²) in [5.41, 5.74) is 0.604. The molecule has 1 saturated heterocycles. The van der Waals surface area contributed by atoms with Crippen molar-refractivity contribution < 1.29 is 22.0 Å². The second-order valence-corrected chi connectivity index (χ2v) is 11.6. The van der Waals surface area contributed by atoms with Crippen LogP contribution in [0.15, 0.2) is 70.2 Å². The first-order chi connectivity index (χ1) is 16.8. The molecule has 0 radical (unpaired) electrons. The molecular formula is C24H21ClFN3O4S2. The number of furan rings is 1. The van der Waals surface area contributed by atoms with Gasteiger partial charge >= 0.3 is 0 Å². The lowest BCUT2D eigenvalue weighted by Gasteiger charge is -2.32. The van der Waals surface area contributed by atoms with Crippen molar-refractivity contribution in [1.82, 2.24) is 9.29 Å². The van der Waals surface area contributed by atoms with E-state index in [1.807, 2.05) is 0 Å². The topological polar surface area (TPSA) is 83.7 Å². The summed E-state index contributed by atoms with van der Waals surface area (Å²) < 4.78 is 47.2. The molecule has 1 fully saturated rings. The fourth-order valence-electron chi connectivity index (χ4n) is 4.12. The number of hydrogen-bond acceptors (Lipinski definition) is 6. The number of carbonyl (C=O) groups excluding carboxylic acids is 1. The Balaban J connectivity index is 1.35. The lowest BCUT2D eigenvalue weighted by Crippen LogP contribution is -2.44. The minimum atomic E-state index is -3.67. The average molecular weight is 534 g/mol. The van der Waals surface area contributed by atoms with Crippen LogP contribution in [0.1, 0.15) is 18.6 Å². The number of amides is 1. The van der Waals surface area contributed by atoms with E-state index >= 15 is 0 Å². The van der Waals surface area contributed by atoms with E-state index in [-0.39, 0.29) is 42.2 Å². The van der Waals surface area contributed by atoms with Gasteiger partial charge < -0.3 is 4.42 Å². The van der Waals surface area contributed by atoms with Crippen molar-refractivity contribution in [3.63, 3.8) is 0 Å². The third-order valence-corrected chi connectivity index (χ3v) is 9.19. The third-order valence-electron chi connectivity index (χ3n) is 5.98. The zero-order chi connectivity index (χ0) is 24.6. The lowest BCUT2D eigenvalue weighted by atomic mass is 9.96. The van der Waals surface area contributed by atoms with Crippen molar-refractivity contribution in [3.8, 4) is 0 Å². The quantitative estimate of drug-likeness (QED) is 0.335. The molecule has 4 aromatic rings. The Morgan fingerprint density at radius 3 is 2.60 bits per heavy atom. The minimum Gasteiger partial charge on any atom is -0.467 e. The van der Waals surface area contributed by atoms with E-state index in [2.05, 4.69) is 4.98 Å². The van der Waals surface area contributed by atoms with Gasteiger partial charge in [0, 0.05) is 24.0 Å². The average Bonchev–Trinajstić information content (AvgIpc) is 3.52. The molecule has 0 aliphatic carbocycles. The molecule has 0 saturated carbocycles. The third kappa shape index (κ3) is 4.97. The molecule has 3 heterocycles. The fraction of sp³-hybridized carbons (Fsp3) is 0.250. The van der Waals surface area contributed by atoms with Crippen molar-refractivity contribution in [3.05, 3.63) is 77.5 Å². The Morgan fingerprint density at radius 1 is 1.17 bits per heavy atom. The summed E-state index contributed by atoms with van der Waals surface area (Å²) in [7, 11) is -3.67. The molecule has 11 heteroatoms. The number of nitrogens with zero attached hydrogens (tertiary/aromatic N) is 3. The first-order valence-corrected chi connectivity index (χ1v) is 13.6. The lowest BCUT2D eigenvalue weighted by molar-refractivity contribution is -0.123. The summed E-state index contributed by atoms with van der Waals surface area (Å²) in [5.74, 6) is -0.327. The zero-order valence-electron chi connectivity index (χ0n) is 18.4. The summed E-state index contributed by atoms with van der Waals surface area (Å²) in [5, 5.41) is 0.908. The van der Waals surface area contributed by atoms with Gasteiger partial charge in [-0.3, -0.25) is 9.69 Å². The normalized spacial score (nSPS) is 15.5. The van der Waals surface area contributed by atoms with E-state index in [4.69, 9.17) is 16.0 Å². The maximum absolute atomic E-state index is 13.7.